The van der Waals surface area contributed by atoms with E-state index < -0.39 is 12.2 Å². The number of aromatic nitrogens is 1. The first-order valence-electron chi connectivity index (χ1n) is 3.83. The van der Waals surface area contributed by atoms with Crippen molar-refractivity contribution in [3.05, 3.63) is 20.9 Å². The molecule has 0 aliphatic rings. The van der Waals surface area contributed by atoms with Gasteiger partial charge in [0.05, 0.1) is 5.88 Å². The number of rotatable bonds is 3. The van der Waals surface area contributed by atoms with Gasteiger partial charge in [-0.1, -0.05) is 0 Å². The lowest BCUT2D eigenvalue weighted by Gasteiger charge is -2.11. The summed E-state index contributed by atoms with van der Waals surface area (Å²) in [6.45, 7) is 0. The van der Waals surface area contributed by atoms with Gasteiger partial charge >= 0.3 is 6.36 Å². The van der Waals surface area contributed by atoms with Crippen LogP contribution in [-0.2, 0) is 5.88 Å². The fourth-order valence-electron chi connectivity index (χ4n) is 0.900. The van der Waals surface area contributed by atoms with Gasteiger partial charge in [-0.15, -0.1) is 24.8 Å². The summed E-state index contributed by atoms with van der Waals surface area (Å²) in [5.41, 5.74) is -0.0392. The molecule has 0 aromatic carbocycles. The Morgan fingerprint density at radius 3 is 2.62 bits per heavy atom. The summed E-state index contributed by atoms with van der Waals surface area (Å²) in [5, 5.41) is 0. The Bertz CT molecular complexity index is 411. The highest BCUT2D eigenvalue weighted by Crippen LogP contribution is 2.27. The largest absolute Gasteiger partial charge is 0.574 e. The lowest BCUT2D eigenvalue weighted by atomic mass is 10.2. The molecule has 1 rings (SSSR count). The Morgan fingerprint density at radius 1 is 1.56 bits per heavy atom. The lowest BCUT2D eigenvalue weighted by Crippen LogP contribution is -2.19. The van der Waals surface area contributed by atoms with Crippen LogP contribution in [0.15, 0.2) is 6.07 Å². The highest BCUT2D eigenvalue weighted by Gasteiger charge is 2.33. The van der Waals surface area contributed by atoms with Crippen LogP contribution in [0, 0.1) is 3.57 Å². The van der Waals surface area contributed by atoms with Gasteiger partial charge in [0.1, 0.15) is 5.69 Å². The second kappa shape index (κ2) is 5.17. The number of ether oxygens (including phenoxy) is 1. The van der Waals surface area contributed by atoms with E-state index in [0.717, 1.165) is 0 Å². The Labute approximate surface area is 107 Å². The van der Waals surface area contributed by atoms with Crippen LogP contribution in [0.3, 0.4) is 0 Å². The van der Waals surface area contributed by atoms with Gasteiger partial charge in [0, 0.05) is 9.13 Å². The third-order valence-electron chi connectivity index (χ3n) is 1.51. The summed E-state index contributed by atoms with van der Waals surface area (Å²) >= 11 is 7.22. The van der Waals surface area contributed by atoms with Gasteiger partial charge in [-0.05, 0) is 28.7 Å². The van der Waals surface area contributed by atoms with E-state index in [1.807, 2.05) is 0 Å². The Morgan fingerprint density at radius 2 is 2.19 bits per heavy atom. The molecule has 1 heterocycles. The maximum atomic E-state index is 12.0. The molecule has 16 heavy (non-hydrogen) atoms. The Hall–Kier alpha value is -0.570. The number of nitrogens with zero attached hydrogens (tertiary/aromatic N) is 1. The Kier molecular flexibility index (Phi) is 4.36. The number of aldehydes is 1. The van der Waals surface area contributed by atoms with Gasteiger partial charge in [0.15, 0.2) is 6.29 Å². The lowest BCUT2D eigenvalue weighted by molar-refractivity contribution is -0.276. The molecule has 1 aromatic rings. The van der Waals surface area contributed by atoms with E-state index in [1.165, 1.54) is 6.07 Å². The Balaban J connectivity index is 3.20. The minimum absolute atomic E-state index is 0.0778. The zero-order valence-corrected chi connectivity index (χ0v) is 10.4. The molecular weight excluding hydrogens is 361 g/mol. The maximum absolute atomic E-state index is 12.0. The number of alkyl halides is 4. The number of hydrogen-bond donors (Lipinski definition) is 0. The number of halogens is 5. The van der Waals surface area contributed by atoms with Crippen LogP contribution in [-0.4, -0.2) is 17.6 Å². The number of carbonyl (C=O) groups is 1. The van der Waals surface area contributed by atoms with Crippen molar-refractivity contribution in [2.45, 2.75) is 12.2 Å². The van der Waals surface area contributed by atoms with Crippen molar-refractivity contribution in [3.8, 4) is 5.88 Å². The van der Waals surface area contributed by atoms with Crippen LogP contribution >= 0.6 is 34.2 Å². The molecule has 1 aromatic heterocycles. The van der Waals surface area contributed by atoms with E-state index in [9.17, 15) is 18.0 Å². The van der Waals surface area contributed by atoms with Crippen LogP contribution in [0.25, 0.3) is 0 Å². The van der Waals surface area contributed by atoms with Crippen molar-refractivity contribution in [1.82, 2.24) is 4.98 Å². The third-order valence-corrected chi connectivity index (χ3v) is 2.66. The second-order valence-corrected chi connectivity index (χ2v) is 4.05. The average molecular weight is 365 g/mol. The molecule has 0 fully saturated rings. The predicted molar refractivity (Wildman–Crippen MR) is 58.6 cm³/mol. The first-order chi connectivity index (χ1) is 7.37. The molecule has 0 unspecified atom stereocenters. The minimum atomic E-state index is -4.86. The fourth-order valence-corrected chi connectivity index (χ4v) is 1.71. The number of carbonyl (C=O) groups excluding carboxylic acids is 1. The van der Waals surface area contributed by atoms with Crippen molar-refractivity contribution < 1.29 is 22.7 Å². The van der Waals surface area contributed by atoms with Crippen molar-refractivity contribution in [2.75, 3.05) is 0 Å². The monoisotopic (exact) mass is 365 g/mol. The molecule has 0 atom stereocenters. The highest BCUT2D eigenvalue weighted by atomic mass is 127. The van der Waals surface area contributed by atoms with Crippen molar-refractivity contribution >= 4 is 40.5 Å². The third kappa shape index (κ3) is 3.48. The summed E-state index contributed by atoms with van der Waals surface area (Å²) in [6, 6.07) is 1.32. The zero-order valence-electron chi connectivity index (χ0n) is 7.52. The van der Waals surface area contributed by atoms with Crippen LogP contribution in [0.1, 0.15) is 16.1 Å². The van der Waals surface area contributed by atoms with E-state index in [0.29, 0.717) is 9.86 Å². The minimum Gasteiger partial charge on any atom is -0.388 e. The molecule has 0 radical (unpaired) electrons. The van der Waals surface area contributed by atoms with Crippen LogP contribution in [0.2, 0.25) is 0 Å². The van der Waals surface area contributed by atoms with Gasteiger partial charge in [-0.3, -0.25) is 4.79 Å². The molecule has 3 nitrogen and oxygen atoms in total. The molecule has 0 spiro atoms. The fraction of sp³-hybridized carbons (Fsp3) is 0.250. The molecule has 8 heteroatoms. The molecule has 0 aliphatic heterocycles. The number of hydrogen-bond acceptors (Lipinski definition) is 3. The molecule has 0 saturated carbocycles. The van der Waals surface area contributed by atoms with Crippen molar-refractivity contribution in [2.24, 2.45) is 0 Å². The van der Waals surface area contributed by atoms with Crippen LogP contribution in [0.4, 0.5) is 13.2 Å². The standard InChI is InChI=1S/C8H4ClF3INO2/c9-2-4-1-5(13)6(3-15)14-7(4)16-8(10,11)12/h1,3H,2H2. The van der Waals surface area contributed by atoms with Gasteiger partial charge in [0.25, 0.3) is 0 Å². The molecular formula is C8H4ClF3INO2. The maximum Gasteiger partial charge on any atom is 0.574 e. The van der Waals surface area contributed by atoms with Gasteiger partial charge < -0.3 is 4.74 Å². The van der Waals surface area contributed by atoms with Crippen molar-refractivity contribution in [1.29, 1.82) is 0 Å². The molecule has 0 amide bonds. The molecule has 0 N–H and O–H groups in total. The predicted octanol–water partition coefficient (Wildman–Crippen LogP) is 3.14. The van der Waals surface area contributed by atoms with Gasteiger partial charge in [0.2, 0.25) is 5.88 Å². The van der Waals surface area contributed by atoms with E-state index in [4.69, 9.17) is 11.6 Å². The van der Waals surface area contributed by atoms with E-state index in [-0.39, 0.29) is 17.1 Å². The van der Waals surface area contributed by atoms with Gasteiger partial charge in [-0.25, -0.2) is 4.98 Å². The molecule has 0 bridgehead atoms. The summed E-state index contributed by atoms with van der Waals surface area (Å²) in [6.07, 6.45) is -4.51. The molecule has 88 valence electrons. The van der Waals surface area contributed by atoms with Gasteiger partial charge in [-0.2, -0.15) is 0 Å². The van der Waals surface area contributed by atoms with Crippen molar-refractivity contribution in [3.63, 3.8) is 0 Å². The van der Waals surface area contributed by atoms with E-state index >= 15 is 0 Å². The smallest absolute Gasteiger partial charge is 0.388 e. The summed E-state index contributed by atoms with van der Waals surface area (Å²) in [4.78, 5) is 14.0. The first kappa shape index (κ1) is 13.5. The normalized spacial score (nSPS) is 11.3. The first-order valence-corrected chi connectivity index (χ1v) is 5.45. The second-order valence-electron chi connectivity index (χ2n) is 2.62. The molecule has 0 saturated heterocycles. The average Bonchev–Trinajstić information content (AvgIpc) is 2.18. The SMILES string of the molecule is O=Cc1nc(OC(F)(F)F)c(CCl)cc1I. The molecule has 0 aliphatic carbocycles. The zero-order chi connectivity index (χ0) is 12.3. The van der Waals surface area contributed by atoms with Crippen LogP contribution in [0.5, 0.6) is 5.88 Å². The van der Waals surface area contributed by atoms with Crippen LogP contribution < -0.4 is 4.74 Å². The highest BCUT2D eigenvalue weighted by molar-refractivity contribution is 14.1. The summed E-state index contributed by atoms with van der Waals surface area (Å²) in [5.74, 6) is -0.877. The van der Waals surface area contributed by atoms with E-state index in [1.54, 1.807) is 22.6 Å². The summed E-state index contributed by atoms with van der Waals surface area (Å²) in [7, 11) is 0. The quantitative estimate of drug-likeness (QED) is 0.469. The van der Waals surface area contributed by atoms with E-state index in [2.05, 4.69) is 9.72 Å². The summed E-state index contributed by atoms with van der Waals surface area (Å²) < 4.78 is 40.1. The number of pyridine rings is 1. The topological polar surface area (TPSA) is 39.2 Å².